The minimum Gasteiger partial charge on any atom is -0.383 e. The number of nitrogens with one attached hydrogen (secondary N) is 1. The number of carbonyl (C=O) groups is 1. The number of anilines is 1. The van der Waals surface area contributed by atoms with Gasteiger partial charge in [0.05, 0.1) is 4.90 Å². The van der Waals surface area contributed by atoms with Gasteiger partial charge >= 0.3 is 0 Å². The van der Waals surface area contributed by atoms with E-state index in [4.69, 9.17) is 5.73 Å². The molecule has 3 N–H and O–H groups in total. The Bertz CT molecular complexity index is 1370. The van der Waals surface area contributed by atoms with Gasteiger partial charge in [-0.05, 0) is 54.3 Å². The van der Waals surface area contributed by atoms with Crippen LogP contribution in [0.25, 0.3) is 22.3 Å². The molecular weight excluding hydrogens is 431 g/mol. The summed E-state index contributed by atoms with van der Waals surface area (Å²) in [6, 6.07) is 11.0. The molecule has 0 spiro atoms. The van der Waals surface area contributed by atoms with Gasteiger partial charge in [0.2, 0.25) is 10.0 Å². The number of hydrogen-bond acceptors (Lipinski definition) is 5. The largest absolute Gasteiger partial charge is 0.383 e. The molecule has 164 valence electrons. The molecule has 1 aromatic heterocycles. The van der Waals surface area contributed by atoms with E-state index in [1.54, 1.807) is 18.2 Å². The van der Waals surface area contributed by atoms with Crippen molar-refractivity contribution in [2.45, 2.75) is 30.3 Å². The average molecular weight is 453 g/mol. The summed E-state index contributed by atoms with van der Waals surface area (Å²) in [7, 11) is -2.22. The first kappa shape index (κ1) is 20.6. The normalized spacial score (nSPS) is 15.7. The maximum Gasteiger partial charge on any atom is 0.251 e. The minimum absolute atomic E-state index is 0.00981. The number of nitrogens with zero attached hydrogens (tertiary/aromatic N) is 2. The lowest BCUT2D eigenvalue weighted by atomic mass is 9.98. The van der Waals surface area contributed by atoms with E-state index >= 15 is 4.39 Å². The molecule has 32 heavy (non-hydrogen) atoms. The number of halogens is 1. The second-order valence-corrected chi connectivity index (χ2v) is 10.1. The number of aromatic nitrogens is 1. The van der Waals surface area contributed by atoms with Crippen molar-refractivity contribution < 1.29 is 17.6 Å². The van der Waals surface area contributed by atoms with Gasteiger partial charge in [-0.25, -0.2) is 17.8 Å². The predicted molar refractivity (Wildman–Crippen MR) is 119 cm³/mol. The molecule has 1 amide bonds. The van der Waals surface area contributed by atoms with Crippen LogP contribution in [0.2, 0.25) is 0 Å². The molecule has 2 aliphatic rings. The quantitative estimate of drug-likeness (QED) is 0.619. The second-order valence-electron chi connectivity index (χ2n) is 8.11. The van der Waals surface area contributed by atoms with Gasteiger partial charge in [0.1, 0.15) is 11.6 Å². The molecule has 1 aliphatic carbocycles. The summed E-state index contributed by atoms with van der Waals surface area (Å²) in [5.41, 5.74) is 9.63. The fraction of sp³-hybridized carbons (Fsp3) is 0.217. The van der Waals surface area contributed by atoms with E-state index in [1.165, 1.54) is 29.7 Å². The molecule has 0 radical (unpaired) electrons. The minimum atomic E-state index is -3.74. The van der Waals surface area contributed by atoms with Gasteiger partial charge < -0.3 is 11.1 Å². The highest BCUT2D eigenvalue weighted by molar-refractivity contribution is 7.89. The summed E-state index contributed by atoms with van der Waals surface area (Å²) in [5.74, 6) is -0.496. The van der Waals surface area contributed by atoms with Crippen LogP contribution in [0.1, 0.15) is 28.8 Å². The number of pyridine rings is 1. The van der Waals surface area contributed by atoms with E-state index in [0.29, 0.717) is 23.2 Å². The second kappa shape index (κ2) is 7.39. The van der Waals surface area contributed by atoms with Gasteiger partial charge in [-0.15, -0.1) is 0 Å². The first-order valence-corrected chi connectivity index (χ1v) is 11.6. The Hall–Kier alpha value is -3.30. The summed E-state index contributed by atoms with van der Waals surface area (Å²) in [4.78, 5) is 15.9. The lowest BCUT2D eigenvalue weighted by molar-refractivity contribution is 0.0965. The maximum atomic E-state index is 15.0. The molecule has 2 heterocycles. The number of nitrogen functional groups attached to an aromatic ring is 1. The van der Waals surface area contributed by atoms with Crippen molar-refractivity contribution in [1.29, 1.82) is 0 Å². The first-order chi connectivity index (χ1) is 15.3. The van der Waals surface area contributed by atoms with Gasteiger partial charge in [-0.1, -0.05) is 12.1 Å². The van der Waals surface area contributed by atoms with E-state index in [2.05, 4.69) is 10.3 Å². The Morgan fingerprint density at radius 3 is 2.53 bits per heavy atom. The van der Waals surface area contributed by atoms with Crippen LogP contribution >= 0.6 is 0 Å². The molecule has 0 atom stereocenters. The zero-order valence-electron chi connectivity index (χ0n) is 17.3. The Morgan fingerprint density at radius 1 is 1.06 bits per heavy atom. The highest BCUT2D eigenvalue weighted by Crippen LogP contribution is 2.35. The summed E-state index contributed by atoms with van der Waals surface area (Å²) >= 11 is 0. The number of rotatable bonds is 5. The number of hydrogen-bond donors (Lipinski definition) is 2. The molecule has 3 aromatic rings. The van der Waals surface area contributed by atoms with Crippen LogP contribution in [0.4, 0.5) is 10.2 Å². The summed E-state index contributed by atoms with van der Waals surface area (Å²) in [5, 5.41) is 2.77. The van der Waals surface area contributed by atoms with Crippen molar-refractivity contribution in [2.24, 2.45) is 0 Å². The SMILES string of the molecule is CN(C1CC1)S(=O)(=O)c1ccc(-c2cnc(N)c(-c3ccc4c(c3)CNC4=O)c2)c(F)c1. The van der Waals surface area contributed by atoms with Crippen LogP contribution in [-0.2, 0) is 16.6 Å². The van der Waals surface area contributed by atoms with E-state index in [0.717, 1.165) is 30.0 Å². The fourth-order valence-electron chi connectivity index (χ4n) is 3.94. The Balaban J connectivity index is 1.52. The van der Waals surface area contributed by atoms with E-state index in [9.17, 15) is 13.2 Å². The van der Waals surface area contributed by atoms with E-state index < -0.39 is 15.8 Å². The van der Waals surface area contributed by atoms with Gasteiger partial charge in [0.15, 0.2) is 0 Å². The number of sulfonamides is 1. The van der Waals surface area contributed by atoms with E-state index in [1.807, 2.05) is 6.07 Å². The van der Waals surface area contributed by atoms with Crippen LogP contribution in [-0.4, -0.2) is 36.7 Å². The van der Waals surface area contributed by atoms with Gasteiger partial charge in [-0.3, -0.25) is 4.79 Å². The lowest BCUT2D eigenvalue weighted by Gasteiger charge is -2.17. The van der Waals surface area contributed by atoms with Crippen molar-refractivity contribution in [3.8, 4) is 22.3 Å². The van der Waals surface area contributed by atoms with Crippen molar-refractivity contribution >= 4 is 21.7 Å². The standard InChI is InChI=1S/C23H21FN4O3S/c1-28(16-3-4-16)32(30,31)17-5-7-18(21(24)10-17)15-9-20(22(25)26-11-15)13-2-6-19-14(8-13)12-27-23(19)29/h2,5-11,16H,3-4,12H2,1H3,(H2,25,26)(H,27,29). The molecule has 7 nitrogen and oxygen atoms in total. The van der Waals surface area contributed by atoms with Crippen LogP contribution in [0, 0.1) is 5.82 Å². The third-order valence-electron chi connectivity index (χ3n) is 6.01. The van der Waals surface area contributed by atoms with Crippen LogP contribution in [0.3, 0.4) is 0 Å². The highest BCUT2D eigenvalue weighted by atomic mass is 32.2. The topological polar surface area (TPSA) is 105 Å². The van der Waals surface area contributed by atoms with Crippen molar-refractivity contribution in [1.82, 2.24) is 14.6 Å². The number of fused-ring (bicyclic) bond motifs is 1. The van der Waals surface area contributed by atoms with Gasteiger partial charge in [-0.2, -0.15) is 4.31 Å². The zero-order valence-corrected chi connectivity index (χ0v) is 18.1. The first-order valence-electron chi connectivity index (χ1n) is 10.2. The number of nitrogens with two attached hydrogens (primary N) is 1. The molecule has 1 saturated carbocycles. The smallest absolute Gasteiger partial charge is 0.251 e. The van der Waals surface area contributed by atoms with Gasteiger partial charge in [0.25, 0.3) is 5.91 Å². The zero-order chi connectivity index (χ0) is 22.6. The van der Waals surface area contributed by atoms with Crippen molar-refractivity contribution in [3.63, 3.8) is 0 Å². The summed E-state index contributed by atoms with van der Waals surface area (Å²) < 4.78 is 41.7. The third kappa shape index (κ3) is 3.43. The Morgan fingerprint density at radius 2 is 1.81 bits per heavy atom. The fourth-order valence-corrected chi connectivity index (χ4v) is 5.37. The number of amides is 1. The monoisotopic (exact) mass is 452 g/mol. The number of carbonyl (C=O) groups excluding carboxylic acids is 1. The molecule has 1 fully saturated rings. The van der Waals surface area contributed by atoms with Crippen LogP contribution in [0.15, 0.2) is 53.6 Å². The van der Waals surface area contributed by atoms with Gasteiger partial charge in [0, 0.05) is 48.1 Å². The Kier molecular flexibility index (Phi) is 4.75. The molecule has 9 heteroatoms. The lowest BCUT2D eigenvalue weighted by Crippen LogP contribution is -2.29. The van der Waals surface area contributed by atoms with Crippen LogP contribution in [0.5, 0.6) is 0 Å². The molecular formula is C23H21FN4O3S. The summed E-state index contributed by atoms with van der Waals surface area (Å²) in [6.07, 6.45) is 3.10. The molecule has 0 saturated heterocycles. The van der Waals surface area contributed by atoms with Crippen molar-refractivity contribution in [2.75, 3.05) is 12.8 Å². The predicted octanol–water partition coefficient (Wildman–Crippen LogP) is 3.16. The molecule has 0 bridgehead atoms. The van der Waals surface area contributed by atoms with Crippen molar-refractivity contribution in [3.05, 3.63) is 65.6 Å². The molecule has 2 aromatic carbocycles. The van der Waals surface area contributed by atoms with Crippen LogP contribution < -0.4 is 11.1 Å². The molecule has 5 rings (SSSR count). The maximum absolute atomic E-state index is 15.0. The van der Waals surface area contributed by atoms with E-state index in [-0.39, 0.29) is 28.2 Å². The highest BCUT2D eigenvalue weighted by Gasteiger charge is 2.35. The number of benzene rings is 2. The Labute approximate surface area is 185 Å². The summed E-state index contributed by atoms with van der Waals surface area (Å²) in [6.45, 7) is 0.439. The molecule has 0 unspecified atom stereocenters. The molecule has 1 aliphatic heterocycles. The average Bonchev–Trinajstić information content (AvgIpc) is 3.56. The third-order valence-corrected chi connectivity index (χ3v) is 7.91.